The second kappa shape index (κ2) is 19.2. The molecule has 3 atom stereocenters. The number of halogens is 4. The van der Waals surface area contributed by atoms with Crippen molar-refractivity contribution >= 4 is 25.7 Å². The number of aromatic nitrogens is 5. The van der Waals surface area contributed by atoms with Gasteiger partial charge in [-0.25, -0.2) is 22.8 Å². The number of aliphatic hydroxyl groups is 1. The molecule has 2 fully saturated rings. The van der Waals surface area contributed by atoms with Crippen LogP contribution in [-0.2, 0) is 29.2 Å². The van der Waals surface area contributed by atoms with Gasteiger partial charge in [0.2, 0.25) is 11.9 Å². The van der Waals surface area contributed by atoms with Gasteiger partial charge >= 0.3 is 0 Å². The van der Waals surface area contributed by atoms with Gasteiger partial charge in [0.1, 0.15) is 24.3 Å². The number of nitrogens with one attached hydrogen (secondary N) is 1. The highest BCUT2D eigenvalue weighted by Crippen LogP contribution is 2.48. The Bertz CT molecular complexity index is 1770. The molecule has 56 heavy (non-hydrogen) atoms. The van der Waals surface area contributed by atoms with E-state index in [1.54, 1.807) is 17.7 Å². The summed E-state index contributed by atoms with van der Waals surface area (Å²) >= 11 is 0. The normalized spacial score (nSPS) is 17.7. The number of carbonyl (C=O) groups excluding carboxylic acids is 2. The van der Waals surface area contributed by atoms with Crippen LogP contribution in [0.4, 0.5) is 23.4 Å². The number of pyridine rings is 1. The Morgan fingerprint density at radius 3 is 2.18 bits per heavy atom. The third-order valence-corrected chi connectivity index (χ3v) is 13.3. The van der Waals surface area contributed by atoms with Crippen LogP contribution in [0.3, 0.4) is 0 Å². The number of aryl methyl sites for hydroxylation is 1. The van der Waals surface area contributed by atoms with Gasteiger partial charge in [0.25, 0.3) is 12.3 Å². The summed E-state index contributed by atoms with van der Waals surface area (Å²) < 4.78 is 65.9. The number of hydrogen-bond acceptors (Lipinski definition) is 7. The minimum absolute atomic E-state index is 0.0399. The molecular formula is C40H59F4N7O4Si. The van der Waals surface area contributed by atoms with Gasteiger partial charge < -0.3 is 20.9 Å². The summed E-state index contributed by atoms with van der Waals surface area (Å²) in [6.07, 6.45) is 2.96. The molecule has 0 saturated heterocycles. The van der Waals surface area contributed by atoms with Crippen molar-refractivity contribution in [1.29, 1.82) is 0 Å². The van der Waals surface area contributed by atoms with E-state index in [4.69, 9.17) is 10.5 Å². The van der Waals surface area contributed by atoms with Crippen LogP contribution in [0.2, 0.25) is 25.7 Å². The monoisotopic (exact) mass is 805 g/mol. The molecule has 5 rings (SSSR count). The van der Waals surface area contributed by atoms with Crippen molar-refractivity contribution in [3.63, 3.8) is 0 Å². The van der Waals surface area contributed by atoms with Gasteiger partial charge in [0.15, 0.2) is 6.17 Å². The third kappa shape index (κ3) is 10.5. The van der Waals surface area contributed by atoms with Crippen LogP contribution in [-0.4, -0.2) is 74.8 Å². The molecule has 0 radical (unpaired) electrons. The van der Waals surface area contributed by atoms with Crippen LogP contribution in [0, 0.1) is 30.6 Å². The zero-order valence-electron chi connectivity index (χ0n) is 33.4. The van der Waals surface area contributed by atoms with Crippen molar-refractivity contribution in [3.05, 3.63) is 46.9 Å². The lowest BCUT2D eigenvalue weighted by atomic mass is 9.63. The molecule has 0 aromatic carbocycles. The van der Waals surface area contributed by atoms with E-state index in [-0.39, 0.29) is 47.1 Å². The van der Waals surface area contributed by atoms with Crippen molar-refractivity contribution in [2.24, 2.45) is 23.5 Å². The van der Waals surface area contributed by atoms with Crippen molar-refractivity contribution in [3.8, 4) is 11.1 Å². The van der Waals surface area contributed by atoms with E-state index in [0.717, 1.165) is 80.6 Å². The lowest BCUT2D eigenvalue weighted by molar-refractivity contribution is -0.120. The van der Waals surface area contributed by atoms with Gasteiger partial charge in [0, 0.05) is 37.1 Å². The smallest absolute Gasteiger partial charge is 0.267 e. The molecule has 2 unspecified atom stereocenters. The maximum absolute atomic E-state index is 16.1. The van der Waals surface area contributed by atoms with Gasteiger partial charge in [-0.3, -0.25) is 14.3 Å². The second-order valence-electron chi connectivity index (χ2n) is 16.8. The summed E-state index contributed by atoms with van der Waals surface area (Å²) in [5, 5.41) is 21.4. The van der Waals surface area contributed by atoms with Crippen LogP contribution in [0.25, 0.3) is 11.1 Å². The first kappa shape index (κ1) is 43.5. The average molecular weight is 806 g/mol. The highest BCUT2D eigenvalue weighted by Gasteiger charge is 2.44. The Balaban J connectivity index is 1.50. The molecule has 11 nitrogen and oxygen atoms in total. The van der Waals surface area contributed by atoms with E-state index in [0.29, 0.717) is 24.3 Å². The van der Waals surface area contributed by atoms with Crippen molar-refractivity contribution < 1.29 is 37.0 Å². The molecule has 2 saturated carbocycles. The van der Waals surface area contributed by atoms with Crippen LogP contribution >= 0.6 is 0 Å². The molecule has 3 heterocycles. The Morgan fingerprint density at radius 2 is 1.64 bits per heavy atom. The first-order valence-electron chi connectivity index (χ1n) is 20.2. The van der Waals surface area contributed by atoms with E-state index < -0.39 is 57.0 Å². The largest absolute Gasteiger partial charge is 0.384 e. The Labute approximate surface area is 328 Å². The van der Waals surface area contributed by atoms with E-state index in [1.165, 1.54) is 12.3 Å². The van der Waals surface area contributed by atoms with Gasteiger partial charge in [-0.2, -0.15) is 14.6 Å². The molecule has 0 aliphatic heterocycles. The fraction of sp³-hybridized carbons (Fsp3) is 0.675. The average Bonchev–Trinajstić information content (AvgIpc) is 3.71. The SMILES string of the molecule is CCc1c(-c2ccc(NC(=O)[C@H](c3cnn(CC(F)C(O)C(F)F)c3C(N)=O)C(C3CCCCC3)C3CCCCC3)nc2F)c(C)nn1COCC[Si](C)(C)C. The Morgan fingerprint density at radius 1 is 1.02 bits per heavy atom. The zero-order valence-corrected chi connectivity index (χ0v) is 34.4. The molecule has 2 aliphatic rings. The minimum Gasteiger partial charge on any atom is -0.384 e. The van der Waals surface area contributed by atoms with Gasteiger partial charge in [-0.1, -0.05) is 90.8 Å². The lowest BCUT2D eigenvalue weighted by Gasteiger charge is -2.41. The quantitative estimate of drug-likeness (QED) is 0.0510. The van der Waals surface area contributed by atoms with E-state index in [2.05, 4.69) is 40.1 Å². The van der Waals surface area contributed by atoms with Gasteiger partial charge in [-0.05, 0) is 49.3 Å². The Kier molecular flexibility index (Phi) is 14.9. The van der Waals surface area contributed by atoms with Crippen molar-refractivity contribution in [2.45, 2.75) is 148 Å². The number of nitrogens with two attached hydrogens (primary N) is 1. The van der Waals surface area contributed by atoms with Gasteiger partial charge in [-0.15, -0.1) is 0 Å². The predicted octanol–water partition coefficient (Wildman–Crippen LogP) is 8.03. The number of nitrogens with zero attached hydrogens (tertiary/aromatic N) is 5. The van der Waals surface area contributed by atoms with Crippen LogP contribution in [0.1, 0.15) is 104 Å². The first-order chi connectivity index (χ1) is 26.6. The fourth-order valence-corrected chi connectivity index (χ4v) is 9.58. The Hall–Kier alpha value is -3.63. The molecule has 4 N–H and O–H groups in total. The number of primary amides is 1. The van der Waals surface area contributed by atoms with Crippen LogP contribution < -0.4 is 11.1 Å². The molecule has 3 aromatic heterocycles. The third-order valence-electron chi connectivity index (χ3n) is 11.6. The van der Waals surface area contributed by atoms with E-state index in [1.807, 2.05) is 6.92 Å². The topological polar surface area (TPSA) is 150 Å². The number of hydrogen-bond donors (Lipinski definition) is 3. The number of amides is 2. The van der Waals surface area contributed by atoms with Crippen molar-refractivity contribution in [1.82, 2.24) is 24.5 Å². The molecule has 2 amide bonds. The van der Waals surface area contributed by atoms with Crippen molar-refractivity contribution in [2.75, 3.05) is 11.9 Å². The maximum atomic E-state index is 16.1. The number of alkyl halides is 3. The fourth-order valence-electron chi connectivity index (χ4n) is 8.83. The number of aliphatic hydroxyl groups excluding tert-OH is 1. The summed E-state index contributed by atoms with van der Waals surface area (Å²) in [4.78, 5) is 32.0. The number of anilines is 1. The molecular weight excluding hydrogens is 747 g/mol. The standard InChI is InChI=1S/C40H59F4N7O4Si/c1-6-30-32(24(2)49-51(30)23-55-19-20-56(3,4)5)27-17-18-31(47-38(27)44)48-40(54)34(33(25-13-9-7-10-14-25)26-15-11-8-12-16-26)28-21-46-50(35(28)39(45)53)22-29(41)36(52)37(42)43/h17-18,21,25-26,29,33-34,36-37,52H,6-16,19-20,22-23H2,1-5H3,(H2,45,53)(H,47,48,54)/t29?,34-,36?/m1/s1. The number of ether oxygens (including phenoxy) is 1. The summed E-state index contributed by atoms with van der Waals surface area (Å²) in [6, 6.07) is 4.10. The molecule has 0 spiro atoms. The number of rotatable bonds is 18. The summed E-state index contributed by atoms with van der Waals surface area (Å²) in [5.41, 5.74) is 7.97. The highest BCUT2D eigenvalue weighted by atomic mass is 28.3. The van der Waals surface area contributed by atoms with Crippen LogP contribution in [0.5, 0.6) is 0 Å². The molecule has 16 heteroatoms. The van der Waals surface area contributed by atoms with Crippen LogP contribution in [0.15, 0.2) is 18.3 Å². The number of carbonyl (C=O) groups is 2. The second-order valence-corrected chi connectivity index (χ2v) is 22.4. The predicted molar refractivity (Wildman–Crippen MR) is 209 cm³/mol. The first-order valence-corrected chi connectivity index (χ1v) is 23.9. The van der Waals surface area contributed by atoms with Gasteiger partial charge in [0.05, 0.1) is 24.4 Å². The zero-order chi connectivity index (χ0) is 40.7. The minimum atomic E-state index is -3.36. The van der Waals surface area contributed by atoms with E-state index in [9.17, 15) is 27.9 Å². The summed E-state index contributed by atoms with van der Waals surface area (Å²) in [7, 11) is -1.28. The molecule has 0 bridgehead atoms. The molecule has 2 aliphatic carbocycles. The maximum Gasteiger partial charge on any atom is 0.267 e. The van der Waals surface area contributed by atoms with E-state index >= 15 is 4.39 Å². The summed E-state index contributed by atoms with van der Waals surface area (Å²) in [5.74, 6) is -3.47. The molecule has 310 valence electrons. The highest BCUT2D eigenvalue weighted by molar-refractivity contribution is 6.76. The molecule has 3 aromatic rings. The lowest BCUT2D eigenvalue weighted by Crippen LogP contribution is -2.39. The summed E-state index contributed by atoms with van der Waals surface area (Å²) in [6.45, 7) is 10.6.